The SMILES string of the molecule is COc1c(N)sc(C=O)c1OC. The van der Waals surface area contributed by atoms with E-state index in [1.165, 1.54) is 14.2 Å². The van der Waals surface area contributed by atoms with Crippen LogP contribution in [0.25, 0.3) is 0 Å². The van der Waals surface area contributed by atoms with E-state index in [4.69, 9.17) is 15.2 Å². The topological polar surface area (TPSA) is 61.5 Å². The van der Waals surface area contributed by atoms with Gasteiger partial charge in [-0.15, -0.1) is 11.3 Å². The van der Waals surface area contributed by atoms with Gasteiger partial charge in [-0.25, -0.2) is 0 Å². The third-order valence-corrected chi connectivity index (χ3v) is 2.30. The van der Waals surface area contributed by atoms with Gasteiger partial charge in [0, 0.05) is 0 Å². The Bertz CT molecular complexity index is 295. The number of aldehydes is 1. The number of carbonyl (C=O) groups is 1. The second kappa shape index (κ2) is 3.44. The van der Waals surface area contributed by atoms with Gasteiger partial charge in [0.15, 0.2) is 17.8 Å². The van der Waals surface area contributed by atoms with Crippen LogP contribution in [0.15, 0.2) is 0 Å². The summed E-state index contributed by atoms with van der Waals surface area (Å²) in [4.78, 5) is 10.9. The van der Waals surface area contributed by atoms with Gasteiger partial charge in [0.2, 0.25) is 0 Å². The maximum absolute atomic E-state index is 10.5. The molecule has 0 spiro atoms. The van der Waals surface area contributed by atoms with Gasteiger partial charge < -0.3 is 15.2 Å². The van der Waals surface area contributed by atoms with Crippen molar-refractivity contribution >= 4 is 22.6 Å². The average Bonchev–Trinajstić information content (AvgIpc) is 2.40. The molecule has 4 nitrogen and oxygen atoms in total. The summed E-state index contributed by atoms with van der Waals surface area (Å²) in [6.07, 6.45) is 0.697. The fourth-order valence-corrected chi connectivity index (χ4v) is 1.72. The number of methoxy groups -OCH3 is 2. The predicted octanol–water partition coefficient (Wildman–Crippen LogP) is 1.16. The number of nitrogen functional groups attached to an aromatic ring is 1. The molecular weight excluding hydrogens is 178 g/mol. The van der Waals surface area contributed by atoms with E-state index in [9.17, 15) is 4.79 Å². The normalized spacial score (nSPS) is 9.50. The molecule has 0 saturated carbocycles. The van der Waals surface area contributed by atoms with Gasteiger partial charge in [0.1, 0.15) is 9.88 Å². The summed E-state index contributed by atoms with van der Waals surface area (Å²) < 4.78 is 9.90. The molecule has 0 saturated heterocycles. The van der Waals surface area contributed by atoms with Crippen LogP contribution in [0.5, 0.6) is 11.5 Å². The predicted molar refractivity (Wildman–Crippen MR) is 47.2 cm³/mol. The molecule has 5 heteroatoms. The van der Waals surface area contributed by atoms with Gasteiger partial charge in [-0.05, 0) is 0 Å². The second-order valence-corrected chi connectivity index (χ2v) is 3.10. The van der Waals surface area contributed by atoms with Gasteiger partial charge in [-0.2, -0.15) is 0 Å². The van der Waals surface area contributed by atoms with Crippen LogP contribution in [0.3, 0.4) is 0 Å². The first-order chi connectivity index (χ1) is 5.74. The molecular formula is C7H9NO3S. The molecule has 2 N–H and O–H groups in total. The maximum Gasteiger partial charge on any atom is 0.196 e. The molecule has 0 aliphatic carbocycles. The zero-order chi connectivity index (χ0) is 9.14. The Morgan fingerprint density at radius 1 is 1.33 bits per heavy atom. The van der Waals surface area contributed by atoms with E-state index < -0.39 is 0 Å². The zero-order valence-corrected chi connectivity index (χ0v) is 7.60. The Morgan fingerprint density at radius 3 is 2.33 bits per heavy atom. The first kappa shape index (κ1) is 8.86. The van der Waals surface area contributed by atoms with Crippen LogP contribution in [-0.2, 0) is 0 Å². The van der Waals surface area contributed by atoms with E-state index in [0.29, 0.717) is 27.7 Å². The summed E-state index contributed by atoms with van der Waals surface area (Å²) in [5, 5.41) is 0.455. The van der Waals surface area contributed by atoms with E-state index in [-0.39, 0.29) is 0 Å². The number of rotatable bonds is 3. The molecule has 0 radical (unpaired) electrons. The van der Waals surface area contributed by atoms with Gasteiger partial charge in [0.25, 0.3) is 0 Å². The van der Waals surface area contributed by atoms with E-state index in [1.54, 1.807) is 0 Å². The molecule has 1 heterocycles. The third kappa shape index (κ3) is 1.23. The molecule has 0 bridgehead atoms. The molecule has 0 amide bonds. The third-order valence-electron chi connectivity index (χ3n) is 1.39. The average molecular weight is 187 g/mol. The van der Waals surface area contributed by atoms with Crippen molar-refractivity contribution in [2.45, 2.75) is 0 Å². The molecule has 0 unspecified atom stereocenters. The van der Waals surface area contributed by atoms with Gasteiger partial charge in [-0.3, -0.25) is 4.79 Å². The lowest BCUT2D eigenvalue weighted by atomic mass is 10.4. The van der Waals surface area contributed by atoms with Crippen molar-refractivity contribution in [1.29, 1.82) is 0 Å². The van der Waals surface area contributed by atoms with Crippen LogP contribution >= 0.6 is 11.3 Å². The Balaban J connectivity index is 3.25. The number of ether oxygens (including phenoxy) is 2. The van der Waals surface area contributed by atoms with Crippen LogP contribution in [0.4, 0.5) is 5.00 Å². The van der Waals surface area contributed by atoms with Crippen LogP contribution in [0.2, 0.25) is 0 Å². The number of carbonyl (C=O) groups excluding carboxylic acids is 1. The van der Waals surface area contributed by atoms with Gasteiger partial charge in [-0.1, -0.05) is 0 Å². The van der Waals surface area contributed by atoms with Crippen molar-refractivity contribution in [1.82, 2.24) is 0 Å². The highest BCUT2D eigenvalue weighted by Gasteiger charge is 2.16. The summed E-state index contributed by atoms with van der Waals surface area (Å²) in [6, 6.07) is 0. The maximum atomic E-state index is 10.5. The monoisotopic (exact) mass is 187 g/mol. The fraction of sp³-hybridized carbons (Fsp3) is 0.286. The molecule has 1 aromatic rings. The van der Waals surface area contributed by atoms with Crippen LogP contribution in [0.1, 0.15) is 9.67 Å². The number of thiophene rings is 1. The molecule has 1 aromatic heterocycles. The summed E-state index contributed by atoms with van der Waals surface area (Å²) in [5.74, 6) is 0.847. The van der Waals surface area contributed by atoms with Crippen molar-refractivity contribution in [3.63, 3.8) is 0 Å². The molecule has 1 rings (SSSR count). The minimum atomic E-state index is 0.412. The Hall–Kier alpha value is -1.23. The molecule has 12 heavy (non-hydrogen) atoms. The Kier molecular flexibility index (Phi) is 2.54. The molecule has 0 fully saturated rings. The highest BCUT2D eigenvalue weighted by Crippen LogP contribution is 2.42. The standard InChI is InChI=1S/C7H9NO3S/c1-10-5-4(3-9)12-7(8)6(5)11-2/h3H,8H2,1-2H3. The summed E-state index contributed by atoms with van der Waals surface area (Å²) in [7, 11) is 2.95. The molecule has 66 valence electrons. The van der Waals surface area contributed by atoms with E-state index in [0.717, 1.165) is 11.3 Å². The van der Waals surface area contributed by atoms with Crippen molar-refractivity contribution in [2.75, 3.05) is 20.0 Å². The molecule has 0 aliphatic heterocycles. The van der Waals surface area contributed by atoms with Crippen molar-refractivity contribution in [2.24, 2.45) is 0 Å². The van der Waals surface area contributed by atoms with Gasteiger partial charge >= 0.3 is 0 Å². The lowest BCUT2D eigenvalue weighted by Gasteiger charge is -2.01. The van der Waals surface area contributed by atoms with Crippen molar-refractivity contribution in [3.05, 3.63) is 4.88 Å². The summed E-state index contributed by atoms with van der Waals surface area (Å²) in [6.45, 7) is 0. The largest absolute Gasteiger partial charge is 0.491 e. The quantitative estimate of drug-likeness (QED) is 0.721. The Morgan fingerprint density at radius 2 is 1.92 bits per heavy atom. The minimum Gasteiger partial charge on any atom is -0.491 e. The lowest BCUT2D eigenvalue weighted by Crippen LogP contribution is -1.91. The first-order valence-corrected chi connectivity index (χ1v) is 4.01. The minimum absolute atomic E-state index is 0.412. The molecule has 0 aromatic carbocycles. The Labute approximate surface area is 73.9 Å². The van der Waals surface area contributed by atoms with Crippen LogP contribution in [0, 0.1) is 0 Å². The highest BCUT2D eigenvalue weighted by atomic mass is 32.1. The lowest BCUT2D eigenvalue weighted by molar-refractivity contribution is 0.112. The highest BCUT2D eigenvalue weighted by molar-refractivity contribution is 7.18. The smallest absolute Gasteiger partial charge is 0.196 e. The summed E-state index contributed by atoms with van der Waals surface area (Å²) in [5.41, 5.74) is 5.56. The first-order valence-electron chi connectivity index (χ1n) is 3.20. The fourth-order valence-electron chi connectivity index (χ4n) is 0.899. The van der Waals surface area contributed by atoms with Crippen molar-refractivity contribution < 1.29 is 14.3 Å². The number of hydrogen-bond donors (Lipinski definition) is 1. The summed E-state index contributed by atoms with van der Waals surface area (Å²) >= 11 is 1.15. The van der Waals surface area contributed by atoms with Crippen LogP contribution in [-0.4, -0.2) is 20.5 Å². The van der Waals surface area contributed by atoms with Crippen molar-refractivity contribution in [3.8, 4) is 11.5 Å². The number of hydrogen-bond acceptors (Lipinski definition) is 5. The van der Waals surface area contributed by atoms with E-state index in [1.807, 2.05) is 0 Å². The van der Waals surface area contributed by atoms with Gasteiger partial charge in [0.05, 0.1) is 14.2 Å². The molecule has 0 aliphatic rings. The van der Waals surface area contributed by atoms with E-state index in [2.05, 4.69) is 0 Å². The molecule has 0 atom stereocenters. The van der Waals surface area contributed by atoms with Crippen LogP contribution < -0.4 is 15.2 Å². The zero-order valence-electron chi connectivity index (χ0n) is 6.79. The number of anilines is 1. The second-order valence-electron chi connectivity index (χ2n) is 2.01. The number of nitrogens with two attached hydrogens (primary N) is 1. The van der Waals surface area contributed by atoms with E-state index >= 15 is 0 Å².